The van der Waals surface area contributed by atoms with Crippen molar-refractivity contribution >= 4 is 11.6 Å². The standard InChI is InChI=1S/C14H16ClN3O2/c1-16-7-10-3-2-4-11(15)13(10)19-8-12-17-14(18-20-12)9-5-6-9/h2-4,9,16H,5-8H2,1H3. The Balaban J connectivity index is 1.70. The third-order valence-electron chi connectivity index (χ3n) is 3.18. The van der Waals surface area contributed by atoms with Crippen molar-refractivity contribution in [3.63, 3.8) is 0 Å². The van der Waals surface area contributed by atoms with Crippen molar-refractivity contribution in [1.82, 2.24) is 15.5 Å². The minimum Gasteiger partial charge on any atom is -0.482 e. The summed E-state index contributed by atoms with van der Waals surface area (Å²) in [6.07, 6.45) is 2.30. The number of ether oxygens (including phenoxy) is 1. The van der Waals surface area contributed by atoms with E-state index in [1.165, 1.54) is 0 Å². The smallest absolute Gasteiger partial charge is 0.264 e. The van der Waals surface area contributed by atoms with Crippen molar-refractivity contribution in [2.45, 2.75) is 31.9 Å². The lowest BCUT2D eigenvalue weighted by Gasteiger charge is -2.11. The number of halogens is 1. The molecule has 3 rings (SSSR count). The second-order valence-corrected chi connectivity index (χ2v) is 5.27. The van der Waals surface area contributed by atoms with E-state index < -0.39 is 0 Å². The maximum absolute atomic E-state index is 6.18. The third-order valence-corrected chi connectivity index (χ3v) is 3.48. The van der Waals surface area contributed by atoms with Gasteiger partial charge in [0.1, 0.15) is 5.75 Å². The van der Waals surface area contributed by atoms with Gasteiger partial charge in [0.25, 0.3) is 5.89 Å². The van der Waals surface area contributed by atoms with Gasteiger partial charge in [0.2, 0.25) is 0 Å². The van der Waals surface area contributed by atoms with Crippen molar-refractivity contribution in [3.8, 4) is 5.75 Å². The van der Waals surface area contributed by atoms with Gasteiger partial charge in [0, 0.05) is 18.0 Å². The molecule has 1 heterocycles. The van der Waals surface area contributed by atoms with Crippen LogP contribution in [0.2, 0.25) is 5.02 Å². The SMILES string of the molecule is CNCc1cccc(Cl)c1OCc1nc(C2CC2)no1. The largest absolute Gasteiger partial charge is 0.482 e. The Morgan fingerprint density at radius 1 is 1.45 bits per heavy atom. The first-order valence-electron chi connectivity index (χ1n) is 6.65. The van der Waals surface area contributed by atoms with Crippen molar-refractivity contribution in [2.24, 2.45) is 0 Å². The van der Waals surface area contributed by atoms with Gasteiger partial charge in [-0.3, -0.25) is 0 Å². The van der Waals surface area contributed by atoms with Crippen molar-refractivity contribution in [3.05, 3.63) is 40.5 Å². The lowest BCUT2D eigenvalue weighted by atomic mass is 10.2. The van der Waals surface area contributed by atoms with Crippen LogP contribution in [0.25, 0.3) is 0 Å². The summed E-state index contributed by atoms with van der Waals surface area (Å²) in [6, 6.07) is 5.68. The number of rotatable bonds is 6. The third kappa shape index (κ3) is 2.94. The predicted molar refractivity (Wildman–Crippen MR) is 74.8 cm³/mol. The van der Waals surface area contributed by atoms with Gasteiger partial charge >= 0.3 is 0 Å². The van der Waals surface area contributed by atoms with Crippen LogP contribution < -0.4 is 10.1 Å². The number of nitrogens with zero attached hydrogens (tertiary/aromatic N) is 2. The molecule has 1 saturated carbocycles. The molecule has 0 saturated heterocycles. The van der Waals surface area contributed by atoms with Crippen LogP contribution in [0.1, 0.15) is 36.0 Å². The maximum Gasteiger partial charge on any atom is 0.264 e. The summed E-state index contributed by atoms with van der Waals surface area (Å²) in [4.78, 5) is 4.33. The zero-order valence-corrected chi connectivity index (χ0v) is 12.0. The van der Waals surface area contributed by atoms with E-state index in [-0.39, 0.29) is 6.61 Å². The molecule has 0 unspecified atom stereocenters. The molecule has 1 aromatic heterocycles. The molecule has 0 radical (unpaired) electrons. The summed E-state index contributed by atoms with van der Waals surface area (Å²) in [5, 5.41) is 7.63. The Morgan fingerprint density at radius 3 is 3.05 bits per heavy atom. The summed E-state index contributed by atoms with van der Waals surface area (Å²) >= 11 is 6.18. The Kier molecular flexibility index (Phi) is 3.89. The van der Waals surface area contributed by atoms with E-state index in [0.717, 1.165) is 24.2 Å². The van der Waals surface area contributed by atoms with Crippen LogP contribution >= 0.6 is 11.6 Å². The molecule has 5 nitrogen and oxygen atoms in total. The quantitative estimate of drug-likeness (QED) is 0.887. The molecule has 6 heteroatoms. The van der Waals surface area contributed by atoms with Crippen LogP contribution in [0.15, 0.2) is 22.7 Å². The van der Waals surface area contributed by atoms with Crippen LogP contribution in [0.3, 0.4) is 0 Å². The molecule has 1 aliphatic carbocycles. The van der Waals surface area contributed by atoms with Gasteiger partial charge in [-0.15, -0.1) is 0 Å². The maximum atomic E-state index is 6.18. The fourth-order valence-electron chi connectivity index (χ4n) is 2.01. The van der Waals surface area contributed by atoms with Crippen LogP contribution in [0.5, 0.6) is 5.75 Å². The monoisotopic (exact) mass is 293 g/mol. The van der Waals surface area contributed by atoms with Crippen LogP contribution in [0, 0.1) is 0 Å². The summed E-state index contributed by atoms with van der Waals surface area (Å²) in [5.41, 5.74) is 1.00. The normalized spacial score (nSPS) is 14.5. The summed E-state index contributed by atoms with van der Waals surface area (Å²) < 4.78 is 10.9. The minimum absolute atomic E-state index is 0.236. The molecule has 1 aliphatic rings. The highest BCUT2D eigenvalue weighted by Gasteiger charge is 2.28. The highest BCUT2D eigenvalue weighted by atomic mass is 35.5. The van der Waals surface area contributed by atoms with Gasteiger partial charge in [-0.1, -0.05) is 28.9 Å². The lowest BCUT2D eigenvalue weighted by molar-refractivity contribution is 0.240. The molecule has 1 aromatic carbocycles. The van der Waals surface area contributed by atoms with Gasteiger partial charge in [-0.05, 0) is 26.0 Å². The molecule has 0 bridgehead atoms. The molecule has 0 aliphatic heterocycles. The fourth-order valence-corrected chi connectivity index (χ4v) is 2.26. The highest BCUT2D eigenvalue weighted by molar-refractivity contribution is 6.32. The first-order valence-corrected chi connectivity index (χ1v) is 7.03. The fraction of sp³-hybridized carbons (Fsp3) is 0.429. The van der Waals surface area contributed by atoms with E-state index in [2.05, 4.69) is 15.5 Å². The van der Waals surface area contributed by atoms with Gasteiger partial charge in [0.15, 0.2) is 12.4 Å². The Bertz CT molecular complexity index is 596. The van der Waals surface area contributed by atoms with Crippen molar-refractivity contribution < 1.29 is 9.26 Å². The zero-order valence-electron chi connectivity index (χ0n) is 11.2. The lowest BCUT2D eigenvalue weighted by Crippen LogP contribution is -2.08. The molecule has 0 amide bonds. The highest BCUT2D eigenvalue weighted by Crippen LogP contribution is 2.38. The molecule has 0 spiro atoms. The molecule has 1 fully saturated rings. The number of para-hydroxylation sites is 1. The van der Waals surface area contributed by atoms with Gasteiger partial charge < -0.3 is 14.6 Å². The topological polar surface area (TPSA) is 60.2 Å². The predicted octanol–water partition coefficient (Wildman–Crippen LogP) is 2.90. The first-order chi connectivity index (χ1) is 9.78. The Morgan fingerprint density at radius 2 is 2.30 bits per heavy atom. The second-order valence-electron chi connectivity index (χ2n) is 4.87. The second kappa shape index (κ2) is 5.81. The molecule has 106 valence electrons. The van der Waals surface area contributed by atoms with E-state index in [1.807, 2.05) is 19.2 Å². The molecule has 2 aromatic rings. The average molecular weight is 294 g/mol. The van der Waals surface area contributed by atoms with Crippen LogP contribution in [-0.2, 0) is 13.2 Å². The number of hydrogen-bond acceptors (Lipinski definition) is 5. The average Bonchev–Trinajstić information content (AvgIpc) is 3.18. The van der Waals surface area contributed by atoms with Gasteiger partial charge in [0.05, 0.1) is 5.02 Å². The minimum atomic E-state index is 0.236. The van der Waals surface area contributed by atoms with E-state index in [4.69, 9.17) is 20.9 Å². The zero-order chi connectivity index (χ0) is 13.9. The number of aromatic nitrogens is 2. The molecule has 1 N–H and O–H groups in total. The van der Waals surface area contributed by atoms with Crippen molar-refractivity contribution in [2.75, 3.05) is 7.05 Å². The molecule has 0 atom stereocenters. The molecular weight excluding hydrogens is 278 g/mol. The van der Waals surface area contributed by atoms with E-state index in [9.17, 15) is 0 Å². The van der Waals surface area contributed by atoms with Crippen LogP contribution in [0.4, 0.5) is 0 Å². The Labute approximate surface area is 122 Å². The molecule has 20 heavy (non-hydrogen) atoms. The van der Waals surface area contributed by atoms with E-state index in [1.54, 1.807) is 6.07 Å². The summed E-state index contributed by atoms with van der Waals surface area (Å²) in [6.45, 7) is 0.924. The van der Waals surface area contributed by atoms with Gasteiger partial charge in [-0.25, -0.2) is 0 Å². The first kappa shape index (κ1) is 13.4. The van der Waals surface area contributed by atoms with Crippen molar-refractivity contribution in [1.29, 1.82) is 0 Å². The Hall–Kier alpha value is -1.59. The van der Waals surface area contributed by atoms with E-state index in [0.29, 0.717) is 29.1 Å². The number of nitrogens with one attached hydrogen (secondary N) is 1. The summed E-state index contributed by atoms with van der Waals surface area (Å²) in [7, 11) is 1.88. The number of benzene rings is 1. The van der Waals surface area contributed by atoms with E-state index >= 15 is 0 Å². The van der Waals surface area contributed by atoms with Gasteiger partial charge in [-0.2, -0.15) is 4.98 Å². The van der Waals surface area contributed by atoms with Crippen LogP contribution in [-0.4, -0.2) is 17.2 Å². The summed E-state index contributed by atoms with van der Waals surface area (Å²) in [5.74, 6) is 2.42. The molecular formula is C14H16ClN3O2. The number of hydrogen-bond donors (Lipinski definition) is 1.